The summed E-state index contributed by atoms with van der Waals surface area (Å²) in [7, 11) is 1.56. The van der Waals surface area contributed by atoms with Crippen LogP contribution in [0.25, 0.3) is 0 Å². The second-order valence-electron chi connectivity index (χ2n) is 11.4. The number of benzene rings is 2. The van der Waals surface area contributed by atoms with Gasteiger partial charge in [0.05, 0.1) is 24.3 Å². The summed E-state index contributed by atoms with van der Waals surface area (Å²) in [6.07, 6.45) is -3.10. The number of hydrogen-bond acceptors (Lipinski definition) is 6. The summed E-state index contributed by atoms with van der Waals surface area (Å²) in [6.45, 7) is 1.60. The number of carbonyl (C=O) groups excluding carboxylic acids is 3. The molecule has 12 heteroatoms. The van der Waals surface area contributed by atoms with Crippen molar-refractivity contribution >= 4 is 17.6 Å². The minimum Gasteiger partial charge on any atom is -0.497 e. The van der Waals surface area contributed by atoms with Gasteiger partial charge in [0.25, 0.3) is 11.8 Å². The molecule has 3 aromatic rings. The molecule has 2 aromatic carbocycles. The summed E-state index contributed by atoms with van der Waals surface area (Å²) >= 11 is 0. The first-order valence-corrected chi connectivity index (χ1v) is 14.8. The van der Waals surface area contributed by atoms with E-state index in [1.165, 1.54) is 30.5 Å². The van der Waals surface area contributed by atoms with E-state index >= 15 is 0 Å². The molecule has 0 aliphatic carbocycles. The zero-order valence-electron chi connectivity index (χ0n) is 24.7. The van der Waals surface area contributed by atoms with Crippen LogP contribution in [0.4, 0.5) is 17.6 Å². The number of rotatable bonds is 8. The van der Waals surface area contributed by atoms with E-state index in [1.54, 1.807) is 41.2 Å². The van der Waals surface area contributed by atoms with Crippen LogP contribution in [0.5, 0.6) is 5.75 Å². The third-order valence-corrected chi connectivity index (χ3v) is 8.40. The Morgan fingerprint density at radius 1 is 0.911 bits per heavy atom. The lowest BCUT2D eigenvalue weighted by molar-refractivity contribution is -0.137. The van der Waals surface area contributed by atoms with Crippen LogP contribution in [-0.2, 0) is 12.7 Å². The van der Waals surface area contributed by atoms with Crippen LogP contribution in [0, 0.1) is 5.92 Å². The molecule has 238 valence electrons. The van der Waals surface area contributed by atoms with E-state index < -0.39 is 29.9 Å². The predicted molar refractivity (Wildman–Crippen MR) is 158 cm³/mol. The molecule has 0 saturated carbocycles. The Morgan fingerprint density at radius 2 is 1.58 bits per heavy atom. The first-order chi connectivity index (χ1) is 21.5. The number of ether oxygens (including phenoxy) is 1. The van der Waals surface area contributed by atoms with E-state index in [1.807, 2.05) is 0 Å². The quantitative estimate of drug-likeness (QED) is 0.274. The molecule has 2 atom stereocenters. The van der Waals surface area contributed by atoms with Crippen molar-refractivity contribution in [2.75, 3.05) is 33.3 Å². The zero-order valence-corrected chi connectivity index (χ0v) is 24.7. The maximum atomic E-state index is 15.0. The number of aromatic nitrogens is 1. The lowest BCUT2D eigenvalue weighted by atomic mass is 9.88. The average molecular weight is 627 g/mol. The van der Waals surface area contributed by atoms with Gasteiger partial charge < -0.3 is 15.0 Å². The zero-order chi connectivity index (χ0) is 32.1. The van der Waals surface area contributed by atoms with Crippen molar-refractivity contribution in [1.29, 1.82) is 0 Å². The molecule has 1 aromatic heterocycles. The van der Waals surface area contributed by atoms with Crippen LogP contribution in [0.1, 0.15) is 61.6 Å². The fourth-order valence-corrected chi connectivity index (χ4v) is 5.74. The minimum absolute atomic E-state index is 0.0278. The molecule has 1 N–H and O–H groups in total. The maximum absolute atomic E-state index is 15.0. The number of carbonyl (C=O) groups is 3. The molecule has 0 spiro atoms. The molecule has 2 saturated heterocycles. The molecular weight excluding hydrogens is 592 g/mol. The highest BCUT2D eigenvalue weighted by Crippen LogP contribution is 2.29. The normalized spacial score (nSPS) is 19.6. The minimum atomic E-state index is -4.41. The SMILES string of the molecule is COc1ccc(C(=O)C2CCN(C(=O)c3ccc(C(=O)N[C@@H]4CCN(Cc5ccc(C(F)(F)F)cc5)C[C@@H]4F)cn3)CC2)cc1. The molecule has 2 aliphatic heterocycles. The maximum Gasteiger partial charge on any atom is 0.416 e. The summed E-state index contributed by atoms with van der Waals surface area (Å²) < 4.78 is 58.5. The summed E-state index contributed by atoms with van der Waals surface area (Å²) in [5.74, 6) is -0.270. The van der Waals surface area contributed by atoms with Crippen LogP contribution in [-0.4, -0.2) is 77.9 Å². The number of piperidine rings is 2. The molecule has 0 radical (unpaired) electrons. The van der Waals surface area contributed by atoms with Crippen LogP contribution in [0.3, 0.4) is 0 Å². The van der Waals surface area contributed by atoms with E-state index in [9.17, 15) is 31.9 Å². The van der Waals surface area contributed by atoms with E-state index in [0.29, 0.717) is 62.3 Å². The molecule has 8 nitrogen and oxygen atoms in total. The Kier molecular flexibility index (Phi) is 9.81. The second-order valence-corrected chi connectivity index (χ2v) is 11.4. The number of alkyl halides is 4. The number of hydrogen-bond donors (Lipinski definition) is 1. The third kappa shape index (κ3) is 7.86. The van der Waals surface area contributed by atoms with Gasteiger partial charge in [0.1, 0.15) is 17.6 Å². The summed E-state index contributed by atoms with van der Waals surface area (Å²) in [5, 5.41) is 2.70. The Balaban J connectivity index is 1.08. The largest absolute Gasteiger partial charge is 0.497 e. The summed E-state index contributed by atoms with van der Waals surface area (Å²) in [4.78, 5) is 46.4. The van der Waals surface area contributed by atoms with Crippen molar-refractivity contribution < 1.29 is 36.7 Å². The first-order valence-electron chi connectivity index (χ1n) is 14.8. The smallest absolute Gasteiger partial charge is 0.416 e. The number of halogens is 4. The van der Waals surface area contributed by atoms with E-state index in [2.05, 4.69) is 10.3 Å². The monoisotopic (exact) mass is 626 g/mol. The van der Waals surface area contributed by atoms with Crippen molar-refractivity contribution in [3.05, 3.63) is 94.8 Å². The van der Waals surface area contributed by atoms with Gasteiger partial charge in [-0.25, -0.2) is 4.39 Å². The molecule has 0 unspecified atom stereocenters. The lowest BCUT2D eigenvalue weighted by Gasteiger charge is -2.35. The van der Waals surface area contributed by atoms with Gasteiger partial charge in [0, 0.05) is 50.4 Å². The third-order valence-electron chi connectivity index (χ3n) is 8.40. The van der Waals surface area contributed by atoms with Crippen LogP contribution < -0.4 is 10.1 Å². The second kappa shape index (κ2) is 13.8. The fourth-order valence-electron chi connectivity index (χ4n) is 5.74. The molecular formula is C33H34F4N4O4. The van der Waals surface area contributed by atoms with E-state index in [-0.39, 0.29) is 35.4 Å². The summed E-state index contributed by atoms with van der Waals surface area (Å²) in [6, 6.07) is 14.0. The Morgan fingerprint density at radius 3 is 2.16 bits per heavy atom. The van der Waals surface area contributed by atoms with Gasteiger partial charge in [0.15, 0.2) is 5.78 Å². The highest BCUT2D eigenvalue weighted by Gasteiger charge is 2.33. The van der Waals surface area contributed by atoms with Crippen LogP contribution in [0.15, 0.2) is 66.9 Å². The topological polar surface area (TPSA) is 91.8 Å². The fraction of sp³-hybridized carbons (Fsp3) is 0.394. The van der Waals surface area contributed by atoms with Gasteiger partial charge in [0.2, 0.25) is 0 Å². The van der Waals surface area contributed by atoms with Crippen molar-refractivity contribution in [2.24, 2.45) is 5.92 Å². The molecule has 45 heavy (non-hydrogen) atoms. The first kappa shape index (κ1) is 32.1. The number of nitrogens with one attached hydrogen (secondary N) is 1. The Bertz CT molecular complexity index is 1490. The van der Waals surface area contributed by atoms with Crippen molar-refractivity contribution in [3.63, 3.8) is 0 Å². The standard InChI is InChI=1S/C33H34F4N4O4/c1-45-26-9-4-22(5-10-26)30(42)23-12-16-41(17-13-23)32(44)29-11-6-24(18-38-29)31(43)39-28-14-15-40(20-27(28)34)19-21-2-7-25(8-3-21)33(35,36)37/h2-11,18,23,27-28H,12-17,19-20H2,1H3,(H,39,43)/t27-,28+/m0/s1. The Labute approximate surface area is 258 Å². The van der Waals surface area contributed by atoms with Gasteiger partial charge >= 0.3 is 6.18 Å². The van der Waals surface area contributed by atoms with Crippen LogP contribution >= 0.6 is 0 Å². The van der Waals surface area contributed by atoms with Gasteiger partial charge in [-0.05, 0) is 73.4 Å². The molecule has 0 bridgehead atoms. The molecule has 2 aliphatic rings. The average Bonchev–Trinajstić information content (AvgIpc) is 3.05. The highest BCUT2D eigenvalue weighted by atomic mass is 19.4. The van der Waals surface area contributed by atoms with Crippen LogP contribution in [0.2, 0.25) is 0 Å². The predicted octanol–water partition coefficient (Wildman–Crippen LogP) is 5.19. The molecule has 3 heterocycles. The van der Waals surface area contributed by atoms with Crippen molar-refractivity contribution in [2.45, 2.75) is 44.2 Å². The highest BCUT2D eigenvalue weighted by molar-refractivity contribution is 5.99. The number of amides is 2. The number of ketones is 1. The van der Waals surface area contributed by atoms with Gasteiger partial charge in [-0.15, -0.1) is 0 Å². The molecule has 2 fully saturated rings. The number of pyridine rings is 1. The molecule has 2 amide bonds. The van der Waals surface area contributed by atoms with Gasteiger partial charge in [-0.2, -0.15) is 13.2 Å². The van der Waals surface area contributed by atoms with E-state index in [0.717, 1.165) is 12.1 Å². The number of Topliss-reactive ketones (excluding diaryl/α,β-unsaturated/α-hetero) is 1. The summed E-state index contributed by atoms with van der Waals surface area (Å²) in [5.41, 5.74) is 0.881. The lowest BCUT2D eigenvalue weighted by Crippen LogP contribution is -2.52. The number of likely N-dealkylation sites (tertiary alicyclic amines) is 2. The van der Waals surface area contributed by atoms with Gasteiger partial charge in [-0.1, -0.05) is 12.1 Å². The number of methoxy groups -OCH3 is 1. The van der Waals surface area contributed by atoms with Crippen molar-refractivity contribution in [3.8, 4) is 5.75 Å². The number of nitrogens with zero attached hydrogens (tertiary/aromatic N) is 3. The van der Waals surface area contributed by atoms with Crippen molar-refractivity contribution in [1.82, 2.24) is 20.1 Å². The van der Waals surface area contributed by atoms with E-state index in [4.69, 9.17) is 4.74 Å². The van der Waals surface area contributed by atoms with Gasteiger partial charge in [-0.3, -0.25) is 24.3 Å². The Hall–Kier alpha value is -4.32. The molecule has 5 rings (SSSR count).